The number of benzene rings is 2. The molecule has 0 atom stereocenters. The molecule has 0 bridgehead atoms. The molecule has 3 N–H and O–H groups in total. The van der Waals surface area contributed by atoms with Gasteiger partial charge >= 0.3 is 11.9 Å². The van der Waals surface area contributed by atoms with E-state index in [2.05, 4.69) is 0 Å². The number of aromatic carboxylic acids is 1. The maximum absolute atomic E-state index is 11.8. The van der Waals surface area contributed by atoms with E-state index in [4.69, 9.17) is 15.6 Å². The van der Waals surface area contributed by atoms with Gasteiger partial charge in [-0.15, -0.1) is 0 Å². The summed E-state index contributed by atoms with van der Waals surface area (Å²) in [4.78, 5) is 22.5. The van der Waals surface area contributed by atoms with Crippen LogP contribution >= 0.6 is 0 Å². The van der Waals surface area contributed by atoms with Gasteiger partial charge in [0, 0.05) is 5.69 Å². The molecule has 2 aromatic rings. The molecule has 0 saturated carbocycles. The summed E-state index contributed by atoms with van der Waals surface area (Å²) >= 11 is 0. The second-order valence-electron chi connectivity index (χ2n) is 3.81. The quantitative estimate of drug-likeness (QED) is 0.499. The summed E-state index contributed by atoms with van der Waals surface area (Å²) in [6.45, 7) is 0. The summed E-state index contributed by atoms with van der Waals surface area (Å²) in [6, 6.07) is 12.1. The van der Waals surface area contributed by atoms with Crippen molar-refractivity contribution in [3.8, 4) is 5.75 Å². The van der Waals surface area contributed by atoms with Gasteiger partial charge in [-0.3, -0.25) is 0 Å². The Morgan fingerprint density at radius 3 is 2.21 bits per heavy atom. The smallest absolute Gasteiger partial charge is 0.345 e. The molecule has 0 heterocycles. The molecular weight excluding hydrogens is 246 g/mol. The molecule has 0 fully saturated rings. The van der Waals surface area contributed by atoms with Crippen LogP contribution in [0.1, 0.15) is 20.7 Å². The van der Waals surface area contributed by atoms with E-state index >= 15 is 0 Å². The number of carbonyl (C=O) groups excluding carboxylic acids is 1. The lowest BCUT2D eigenvalue weighted by Crippen LogP contribution is -2.11. The van der Waals surface area contributed by atoms with Crippen molar-refractivity contribution in [3.05, 3.63) is 59.7 Å². The predicted octanol–water partition coefficient (Wildman–Crippen LogP) is 2.19. The summed E-state index contributed by atoms with van der Waals surface area (Å²) in [5.41, 5.74) is 6.38. The number of carbonyl (C=O) groups is 2. The second-order valence-corrected chi connectivity index (χ2v) is 3.81. The number of esters is 1. The number of nitrogens with two attached hydrogens (primary N) is 1. The number of ether oxygens (including phenoxy) is 1. The van der Waals surface area contributed by atoms with Gasteiger partial charge in [-0.1, -0.05) is 12.1 Å². The van der Waals surface area contributed by atoms with Crippen molar-refractivity contribution in [3.63, 3.8) is 0 Å². The number of carboxylic acid groups (broad SMARTS) is 1. The molecule has 0 aliphatic carbocycles. The Morgan fingerprint density at radius 2 is 1.63 bits per heavy atom. The van der Waals surface area contributed by atoms with Crippen molar-refractivity contribution in [2.45, 2.75) is 0 Å². The molecule has 5 heteroatoms. The molecule has 0 amide bonds. The van der Waals surface area contributed by atoms with E-state index in [-0.39, 0.29) is 16.9 Å². The molecule has 0 aliphatic rings. The molecule has 0 aliphatic heterocycles. The Hall–Kier alpha value is -2.82. The van der Waals surface area contributed by atoms with Gasteiger partial charge in [-0.2, -0.15) is 0 Å². The fraction of sp³-hybridized carbons (Fsp3) is 0. The van der Waals surface area contributed by atoms with Crippen LogP contribution < -0.4 is 10.5 Å². The number of hydrogen-bond acceptors (Lipinski definition) is 4. The average Bonchev–Trinajstić information content (AvgIpc) is 2.39. The summed E-state index contributed by atoms with van der Waals surface area (Å²) in [6.07, 6.45) is 0. The zero-order valence-corrected chi connectivity index (χ0v) is 9.87. The highest BCUT2D eigenvalue weighted by atomic mass is 16.5. The Kier molecular flexibility index (Phi) is 3.47. The molecule has 0 spiro atoms. The lowest BCUT2D eigenvalue weighted by atomic mass is 10.2. The fourth-order valence-corrected chi connectivity index (χ4v) is 1.51. The first-order valence-corrected chi connectivity index (χ1v) is 5.48. The zero-order valence-electron chi connectivity index (χ0n) is 9.87. The van der Waals surface area contributed by atoms with Crippen LogP contribution in [0.2, 0.25) is 0 Å². The number of hydrogen-bond donors (Lipinski definition) is 2. The summed E-state index contributed by atoms with van der Waals surface area (Å²) in [7, 11) is 0. The molecule has 0 radical (unpaired) electrons. The van der Waals surface area contributed by atoms with Gasteiger partial charge < -0.3 is 15.6 Å². The third kappa shape index (κ3) is 2.90. The lowest BCUT2D eigenvalue weighted by Gasteiger charge is -2.06. The first-order chi connectivity index (χ1) is 9.08. The lowest BCUT2D eigenvalue weighted by molar-refractivity contribution is 0.0696. The minimum Gasteiger partial charge on any atom is -0.478 e. The zero-order chi connectivity index (χ0) is 13.8. The van der Waals surface area contributed by atoms with Crippen LogP contribution in [0.3, 0.4) is 0 Å². The third-order valence-corrected chi connectivity index (χ3v) is 2.49. The number of nitrogen functional groups attached to an aromatic ring is 1. The molecule has 5 nitrogen and oxygen atoms in total. The van der Waals surface area contributed by atoms with Gasteiger partial charge in [0.2, 0.25) is 0 Å². The van der Waals surface area contributed by atoms with Gasteiger partial charge in [-0.25, -0.2) is 9.59 Å². The second kappa shape index (κ2) is 5.22. The van der Waals surface area contributed by atoms with Gasteiger partial charge in [0.25, 0.3) is 0 Å². The average molecular weight is 257 g/mol. The van der Waals surface area contributed by atoms with Crippen molar-refractivity contribution in [1.82, 2.24) is 0 Å². The third-order valence-electron chi connectivity index (χ3n) is 2.49. The highest BCUT2D eigenvalue weighted by Gasteiger charge is 2.11. The van der Waals surface area contributed by atoms with Crippen molar-refractivity contribution in [1.29, 1.82) is 0 Å². The maximum Gasteiger partial charge on any atom is 0.345 e. The van der Waals surface area contributed by atoms with Crippen LogP contribution in [-0.4, -0.2) is 17.0 Å². The van der Waals surface area contributed by atoms with E-state index in [1.165, 1.54) is 24.3 Å². The maximum atomic E-state index is 11.8. The fourth-order valence-electron chi connectivity index (χ4n) is 1.51. The Bertz CT molecular complexity index is 620. The summed E-state index contributed by atoms with van der Waals surface area (Å²) in [5.74, 6) is -1.36. The Balaban J connectivity index is 2.15. The highest BCUT2D eigenvalue weighted by molar-refractivity contribution is 5.96. The van der Waals surface area contributed by atoms with Gasteiger partial charge in [0.05, 0.1) is 11.1 Å². The van der Waals surface area contributed by atoms with Crippen LogP contribution in [-0.2, 0) is 0 Å². The minimum atomic E-state index is -1.04. The predicted molar refractivity (Wildman–Crippen MR) is 69.2 cm³/mol. The number of carboxylic acids is 1. The molecular formula is C14H11NO4. The van der Waals surface area contributed by atoms with Crippen LogP contribution in [0.4, 0.5) is 5.69 Å². The normalized spacial score (nSPS) is 9.89. The molecule has 0 saturated heterocycles. The van der Waals surface area contributed by atoms with E-state index in [9.17, 15) is 9.59 Å². The standard InChI is InChI=1S/C14H11NO4/c15-12-4-2-1-3-11(12)14(18)19-10-7-5-9(6-8-10)13(16)17/h1-8H,15H2,(H,16,17). The van der Waals surface area contributed by atoms with Crippen molar-refractivity contribution in [2.24, 2.45) is 0 Å². The molecule has 2 aromatic carbocycles. The Morgan fingerprint density at radius 1 is 1.00 bits per heavy atom. The SMILES string of the molecule is Nc1ccccc1C(=O)Oc1ccc(C(=O)O)cc1. The number of rotatable bonds is 3. The molecule has 0 unspecified atom stereocenters. The largest absolute Gasteiger partial charge is 0.478 e. The Labute approximate surface area is 109 Å². The van der Waals surface area contributed by atoms with E-state index in [0.717, 1.165) is 0 Å². The monoisotopic (exact) mass is 257 g/mol. The molecule has 0 aromatic heterocycles. The van der Waals surface area contributed by atoms with E-state index in [1.807, 2.05) is 0 Å². The van der Waals surface area contributed by atoms with Gasteiger partial charge in [0.1, 0.15) is 5.75 Å². The minimum absolute atomic E-state index is 0.124. The molecule has 2 rings (SSSR count). The van der Waals surface area contributed by atoms with Crippen molar-refractivity contribution in [2.75, 3.05) is 5.73 Å². The van der Waals surface area contributed by atoms with E-state index < -0.39 is 11.9 Å². The van der Waals surface area contributed by atoms with Crippen molar-refractivity contribution < 1.29 is 19.4 Å². The first-order valence-electron chi connectivity index (χ1n) is 5.48. The van der Waals surface area contributed by atoms with Gasteiger partial charge in [0.15, 0.2) is 0 Å². The number of para-hydroxylation sites is 1. The van der Waals surface area contributed by atoms with Crippen LogP contribution in [0.15, 0.2) is 48.5 Å². The molecule has 96 valence electrons. The van der Waals surface area contributed by atoms with Crippen LogP contribution in [0.25, 0.3) is 0 Å². The highest BCUT2D eigenvalue weighted by Crippen LogP contribution is 2.17. The first kappa shape index (κ1) is 12.6. The topological polar surface area (TPSA) is 89.6 Å². The summed E-state index contributed by atoms with van der Waals surface area (Å²) in [5, 5.41) is 8.75. The van der Waals surface area contributed by atoms with Gasteiger partial charge in [-0.05, 0) is 36.4 Å². The molecule has 19 heavy (non-hydrogen) atoms. The van der Waals surface area contributed by atoms with Crippen LogP contribution in [0, 0.1) is 0 Å². The van der Waals surface area contributed by atoms with Crippen molar-refractivity contribution >= 4 is 17.6 Å². The van der Waals surface area contributed by atoms with E-state index in [0.29, 0.717) is 5.69 Å². The van der Waals surface area contributed by atoms with Crippen LogP contribution in [0.5, 0.6) is 5.75 Å². The summed E-state index contributed by atoms with van der Waals surface area (Å²) < 4.78 is 5.10. The van der Waals surface area contributed by atoms with E-state index in [1.54, 1.807) is 24.3 Å². The number of anilines is 1.